The van der Waals surface area contributed by atoms with Gasteiger partial charge in [-0.1, -0.05) is 182 Å². The maximum Gasteiger partial charge on any atom is 0.160 e. The van der Waals surface area contributed by atoms with E-state index in [9.17, 15) is 0 Å². The minimum absolute atomic E-state index is 0.704. The Hall–Kier alpha value is -7.10. The summed E-state index contributed by atoms with van der Waals surface area (Å²) in [6.45, 7) is 0. The molecule has 0 unspecified atom stereocenters. The van der Waals surface area contributed by atoms with Crippen LogP contribution in [-0.4, -0.2) is 9.97 Å². The molecule has 10 rings (SSSR count). The lowest BCUT2D eigenvalue weighted by molar-refractivity contribution is 0.670. The Balaban J connectivity index is 0.972. The first kappa shape index (κ1) is 30.7. The lowest BCUT2D eigenvalue weighted by Crippen LogP contribution is -1.96. The van der Waals surface area contributed by atoms with Crippen molar-refractivity contribution in [2.24, 2.45) is 0 Å². The Bertz CT molecular complexity index is 2900. The molecule has 53 heavy (non-hydrogen) atoms. The van der Waals surface area contributed by atoms with E-state index in [1.54, 1.807) is 0 Å². The van der Waals surface area contributed by atoms with E-state index in [0.717, 1.165) is 72.3 Å². The highest BCUT2D eigenvalue weighted by Crippen LogP contribution is 2.37. The van der Waals surface area contributed by atoms with Gasteiger partial charge in [0, 0.05) is 33.0 Å². The molecule has 0 atom stereocenters. The molecule has 0 amide bonds. The van der Waals surface area contributed by atoms with Gasteiger partial charge in [0.1, 0.15) is 11.2 Å². The molecule has 3 nitrogen and oxygen atoms in total. The predicted molar refractivity (Wildman–Crippen MR) is 219 cm³/mol. The van der Waals surface area contributed by atoms with Crippen molar-refractivity contribution in [3.8, 4) is 67.3 Å². The molecule has 10 aromatic rings. The Morgan fingerprint density at radius 2 is 0.811 bits per heavy atom. The molecule has 3 heteroatoms. The van der Waals surface area contributed by atoms with Gasteiger partial charge in [0.15, 0.2) is 5.82 Å². The van der Waals surface area contributed by atoms with Gasteiger partial charge in [-0.2, -0.15) is 0 Å². The number of fused-ring (bicyclic) bond motifs is 4. The van der Waals surface area contributed by atoms with Crippen LogP contribution in [-0.2, 0) is 0 Å². The summed E-state index contributed by atoms with van der Waals surface area (Å²) in [6, 6.07) is 68.0. The third kappa shape index (κ3) is 5.65. The Kier molecular flexibility index (Phi) is 7.47. The van der Waals surface area contributed by atoms with Crippen LogP contribution < -0.4 is 0 Å². The van der Waals surface area contributed by atoms with Gasteiger partial charge in [-0.05, 0) is 50.7 Å². The molecule has 0 fully saturated rings. The first-order valence-electron chi connectivity index (χ1n) is 17.9. The quantitative estimate of drug-likeness (QED) is 0.176. The van der Waals surface area contributed by atoms with Gasteiger partial charge in [0.05, 0.1) is 11.4 Å². The fraction of sp³-hybridized carbons (Fsp3) is 0. The second-order valence-corrected chi connectivity index (χ2v) is 13.4. The summed E-state index contributed by atoms with van der Waals surface area (Å²) in [5, 5.41) is 4.77. The molecule has 0 aliphatic rings. The molecule has 0 saturated carbocycles. The zero-order valence-corrected chi connectivity index (χ0v) is 28.8. The highest BCUT2D eigenvalue weighted by Gasteiger charge is 2.14. The van der Waals surface area contributed by atoms with Crippen molar-refractivity contribution in [2.75, 3.05) is 0 Å². The van der Waals surface area contributed by atoms with Crippen LogP contribution in [0.2, 0.25) is 0 Å². The second-order valence-electron chi connectivity index (χ2n) is 13.4. The molecule has 0 saturated heterocycles. The Labute approximate surface area is 307 Å². The minimum Gasteiger partial charge on any atom is -0.455 e. The molecule has 248 valence electrons. The SMILES string of the molecule is c1ccc(-c2nc(-c3ccc(-c4ccc(-c5cccc6c5oc5ccccc56)cc4)cc3)cc(-c3ccc(-c4cccc5ccccc45)cc3)n2)cc1. The predicted octanol–water partition coefficient (Wildman–Crippen LogP) is 13.5. The van der Waals surface area contributed by atoms with Gasteiger partial charge in [0.25, 0.3) is 0 Å². The molecule has 0 spiro atoms. The third-order valence-electron chi connectivity index (χ3n) is 10.2. The normalized spacial score (nSPS) is 11.4. The number of para-hydroxylation sites is 2. The molecule has 0 aliphatic heterocycles. The van der Waals surface area contributed by atoms with Crippen LogP contribution in [0.4, 0.5) is 0 Å². The summed E-state index contributed by atoms with van der Waals surface area (Å²) in [5.74, 6) is 0.704. The van der Waals surface area contributed by atoms with Gasteiger partial charge in [-0.15, -0.1) is 0 Å². The largest absolute Gasteiger partial charge is 0.455 e. The van der Waals surface area contributed by atoms with Crippen molar-refractivity contribution in [3.63, 3.8) is 0 Å². The van der Waals surface area contributed by atoms with Crippen LogP contribution in [0.3, 0.4) is 0 Å². The zero-order chi connectivity index (χ0) is 35.1. The minimum atomic E-state index is 0.704. The van der Waals surface area contributed by atoms with E-state index in [1.165, 1.54) is 21.9 Å². The van der Waals surface area contributed by atoms with Crippen LogP contribution in [0.15, 0.2) is 199 Å². The first-order chi connectivity index (χ1) is 26.2. The monoisotopic (exact) mass is 676 g/mol. The van der Waals surface area contributed by atoms with Crippen LogP contribution in [0.25, 0.3) is 100.0 Å². The van der Waals surface area contributed by atoms with Gasteiger partial charge in [-0.25, -0.2) is 9.97 Å². The van der Waals surface area contributed by atoms with Gasteiger partial charge >= 0.3 is 0 Å². The van der Waals surface area contributed by atoms with E-state index in [2.05, 4.69) is 164 Å². The number of furan rings is 1. The second kappa shape index (κ2) is 12.9. The standard InChI is InChI=1S/C50H32N2O/c1-2-11-40(12-3-1)50-51-46(32-47(52-50)39-30-26-36(27-31-39)42-16-8-13-35-10-4-5-14-41(35)42)38-28-22-34(23-29-38)33-20-24-37(25-21-33)43-17-9-18-45-44-15-6-7-19-48(44)53-49(43)45/h1-32H. The summed E-state index contributed by atoms with van der Waals surface area (Å²) in [4.78, 5) is 10.1. The van der Waals surface area contributed by atoms with E-state index in [1.807, 2.05) is 30.3 Å². The zero-order valence-electron chi connectivity index (χ0n) is 28.8. The molecule has 0 radical (unpaired) electrons. The van der Waals surface area contributed by atoms with Crippen LogP contribution in [0.1, 0.15) is 0 Å². The molecular formula is C50H32N2O. The fourth-order valence-electron chi connectivity index (χ4n) is 7.41. The number of hydrogen-bond donors (Lipinski definition) is 0. The van der Waals surface area contributed by atoms with Gasteiger partial charge in [0.2, 0.25) is 0 Å². The summed E-state index contributed by atoms with van der Waals surface area (Å²) in [7, 11) is 0. The maximum atomic E-state index is 6.31. The summed E-state index contributed by atoms with van der Waals surface area (Å²) < 4.78 is 6.31. The molecule has 0 aliphatic carbocycles. The summed E-state index contributed by atoms with van der Waals surface area (Å²) in [5.41, 5.74) is 13.6. The van der Waals surface area contributed by atoms with Gasteiger partial charge in [-0.3, -0.25) is 0 Å². The average molecular weight is 677 g/mol. The number of benzene rings is 8. The molecule has 2 aromatic heterocycles. The number of hydrogen-bond acceptors (Lipinski definition) is 3. The van der Waals surface area contributed by atoms with Crippen LogP contribution in [0, 0.1) is 0 Å². The molecule has 8 aromatic carbocycles. The van der Waals surface area contributed by atoms with Crippen molar-refractivity contribution in [3.05, 3.63) is 194 Å². The van der Waals surface area contributed by atoms with E-state index < -0.39 is 0 Å². The fourth-order valence-corrected chi connectivity index (χ4v) is 7.41. The molecule has 2 heterocycles. The number of rotatable bonds is 6. The summed E-state index contributed by atoms with van der Waals surface area (Å²) >= 11 is 0. The van der Waals surface area contributed by atoms with E-state index in [0.29, 0.717) is 5.82 Å². The van der Waals surface area contributed by atoms with Gasteiger partial charge < -0.3 is 4.42 Å². The van der Waals surface area contributed by atoms with Crippen molar-refractivity contribution >= 4 is 32.7 Å². The molecule has 0 N–H and O–H groups in total. The van der Waals surface area contributed by atoms with E-state index in [-0.39, 0.29) is 0 Å². The van der Waals surface area contributed by atoms with Crippen molar-refractivity contribution in [1.82, 2.24) is 9.97 Å². The number of aromatic nitrogens is 2. The lowest BCUT2D eigenvalue weighted by Gasteiger charge is -2.11. The molecular weight excluding hydrogens is 645 g/mol. The smallest absolute Gasteiger partial charge is 0.160 e. The third-order valence-corrected chi connectivity index (χ3v) is 10.2. The topological polar surface area (TPSA) is 38.9 Å². The number of nitrogens with zero attached hydrogens (tertiary/aromatic N) is 2. The first-order valence-corrected chi connectivity index (χ1v) is 17.9. The van der Waals surface area contributed by atoms with Crippen molar-refractivity contribution < 1.29 is 4.42 Å². The average Bonchev–Trinajstić information content (AvgIpc) is 3.63. The molecule has 0 bridgehead atoms. The highest BCUT2D eigenvalue weighted by atomic mass is 16.3. The Morgan fingerprint density at radius 3 is 1.51 bits per heavy atom. The Morgan fingerprint density at radius 1 is 0.321 bits per heavy atom. The van der Waals surface area contributed by atoms with E-state index >= 15 is 0 Å². The highest BCUT2D eigenvalue weighted by molar-refractivity contribution is 6.09. The van der Waals surface area contributed by atoms with E-state index in [4.69, 9.17) is 14.4 Å². The summed E-state index contributed by atoms with van der Waals surface area (Å²) in [6.07, 6.45) is 0. The van der Waals surface area contributed by atoms with Crippen LogP contribution in [0.5, 0.6) is 0 Å². The van der Waals surface area contributed by atoms with Crippen molar-refractivity contribution in [2.45, 2.75) is 0 Å². The maximum absolute atomic E-state index is 6.31. The lowest BCUT2D eigenvalue weighted by atomic mass is 9.96. The van der Waals surface area contributed by atoms with Crippen molar-refractivity contribution in [1.29, 1.82) is 0 Å². The van der Waals surface area contributed by atoms with Crippen LogP contribution >= 0.6 is 0 Å².